The maximum Gasteiger partial charge on any atom is 0.271 e. The molecule has 0 bridgehead atoms. The van der Waals surface area contributed by atoms with Crippen LogP contribution in [-0.2, 0) is 13.0 Å². The summed E-state index contributed by atoms with van der Waals surface area (Å²) in [4.78, 5) is 19.8. The molecule has 0 N–H and O–H groups in total. The third kappa shape index (κ3) is 4.80. The molecule has 5 aromatic rings. The van der Waals surface area contributed by atoms with E-state index in [0.717, 1.165) is 61.8 Å². The highest BCUT2D eigenvalue weighted by atomic mass is 79.9. The molecule has 0 spiro atoms. The van der Waals surface area contributed by atoms with Crippen LogP contribution in [0.15, 0.2) is 111 Å². The van der Waals surface area contributed by atoms with Crippen LogP contribution in [0.3, 0.4) is 0 Å². The standard InChI is InChI=1S/C35H25BrN2O4S/c36-25-11-8-24(9-12-25)33-28-15-10-23-3-1-2-4-27(23)32(28)37-35-38(33)34(39)31(43-35)18-21-5-13-26(14-6-21)40-19-22-7-16-29-30(17-22)42-20-41-29/h1-9,11-14,16-18,33H,10,15,19-20H2/b31-18+/t33-/m0/s1. The van der Waals surface area contributed by atoms with E-state index < -0.39 is 0 Å². The van der Waals surface area contributed by atoms with Crippen LogP contribution in [0.5, 0.6) is 17.2 Å². The predicted octanol–water partition coefficient (Wildman–Crippen LogP) is 6.39. The summed E-state index contributed by atoms with van der Waals surface area (Å²) in [7, 11) is 0. The molecule has 1 aliphatic carbocycles. The van der Waals surface area contributed by atoms with E-state index in [1.54, 1.807) is 0 Å². The van der Waals surface area contributed by atoms with E-state index >= 15 is 0 Å². The number of allylic oxidation sites excluding steroid dienone is 1. The molecular weight excluding hydrogens is 624 g/mol. The number of benzene rings is 4. The van der Waals surface area contributed by atoms with Crippen molar-refractivity contribution >= 4 is 39.0 Å². The number of ether oxygens (including phenoxy) is 3. The van der Waals surface area contributed by atoms with E-state index in [1.165, 1.54) is 28.0 Å². The highest BCUT2D eigenvalue weighted by Gasteiger charge is 2.32. The second-order valence-electron chi connectivity index (χ2n) is 10.7. The molecule has 3 heterocycles. The summed E-state index contributed by atoms with van der Waals surface area (Å²) in [6.45, 7) is 0.665. The number of thiazole rings is 1. The van der Waals surface area contributed by atoms with Gasteiger partial charge < -0.3 is 14.2 Å². The first kappa shape index (κ1) is 26.2. The molecule has 43 heavy (non-hydrogen) atoms. The Kier molecular flexibility index (Phi) is 6.53. The first-order chi connectivity index (χ1) is 21.1. The van der Waals surface area contributed by atoms with E-state index in [-0.39, 0.29) is 18.4 Å². The van der Waals surface area contributed by atoms with E-state index in [0.29, 0.717) is 11.1 Å². The Hall–Kier alpha value is -4.40. The van der Waals surface area contributed by atoms with Crippen molar-refractivity contribution in [2.24, 2.45) is 4.99 Å². The fraction of sp³-hybridized carbons (Fsp3) is 0.143. The maximum atomic E-state index is 14.0. The molecule has 1 atom stereocenters. The van der Waals surface area contributed by atoms with Gasteiger partial charge in [-0.25, -0.2) is 4.99 Å². The summed E-state index contributed by atoms with van der Waals surface area (Å²) in [6.07, 6.45) is 3.75. The fourth-order valence-electron chi connectivity index (χ4n) is 5.98. The molecule has 8 heteroatoms. The van der Waals surface area contributed by atoms with Crippen LogP contribution in [0, 0.1) is 0 Å². The number of halogens is 1. The van der Waals surface area contributed by atoms with Gasteiger partial charge in [-0.2, -0.15) is 0 Å². The Balaban J connectivity index is 1.13. The maximum absolute atomic E-state index is 14.0. The largest absolute Gasteiger partial charge is 0.489 e. The third-order valence-corrected chi connectivity index (χ3v) is 9.59. The average molecular weight is 650 g/mol. The molecule has 0 radical (unpaired) electrons. The summed E-state index contributed by atoms with van der Waals surface area (Å²) >= 11 is 5.01. The molecule has 212 valence electrons. The lowest BCUT2D eigenvalue weighted by Gasteiger charge is -2.30. The SMILES string of the molecule is O=c1/c(=C\c2ccc(OCc3ccc4c(c3)OCO4)cc2)sc2n1[C@@H](c1ccc(Br)cc1)C1=C(N=2)c2ccccc2CC1. The van der Waals surface area contributed by atoms with Crippen molar-refractivity contribution in [3.8, 4) is 17.2 Å². The summed E-state index contributed by atoms with van der Waals surface area (Å²) in [5.41, 5.74) is 7.66. The number of fused-ring (bicyclic) bond motifs is 4. The molecular formula is C35H25BrN2O4S. The summed E-state index contributed by atoms with van der Waals surface area (Å²) in [5.74, 6) is 2.25. The van der Waals surface area contributed by atoms with Crippen molar-refractivity contribution in [1.82, 2.24) is 4.57 Å². The Bertz CT molecular complexity index is 2100. The van der Waals surface area contributed by atoms with Gasteiger partial charge in [0.05, 0.1) is 16.3 Å². The van der Waals surface area contributed by atoms with Crippen LogP contribution in [0.25, 0.3) is 11.8 Å². The van der Waals surface area contributed by atoms with Crippen molar-refractivity contribution in [2.75, 3.05) is 6.79 Å². The first-order valence-corrected chi connectivity index (χ1v) is 15.7. The van der Waals surface area contributed by atoms with Crippen LogP contribution < -0.4 is 29.1 Å². The van der Waals surface area contributed by atoms with Crippen LogP contribution in [0.1, 0.15) is 40.3 Å². The molecule has 3 aliphatic rings. The Morgan fingerprint density at radius 1 is 0.953 bits per heavy atom. The summed E-state index contributed by atoms with van der Waals surface area (Å²) in [5, 5.41) is 0. The minimum Gasteiger partial charge on any atom is -0.489 e. The molecule has 1 aromatic heterocycles. The normalized spacial score (nSPS) is 16.8. The van der Waals surface area contributed by atoms with Crippen molar-refractivity contribution in [1.29, 1.82) is 0 Å². The van der Waals surface area contributed by atoms with Gasteiger partial charge in [0.15, 0.2) is 16.3 Å². The number of hydrogen-bond donors (Lipinski definition) is 0. The Morgan fingerprint density at radius 2 is 1.77 bits per heavy atom. The molecule has 0 saturated carbocycles. The zero-order chi connectivity index (χ0) is 28.9. The molecule has 0 unspecified atom stereocenters. The van der Waals surface area contributed by atoms with Gasteiger partial charge in [-0.15, -0.1) is 0 Å². The van der Waals surface area contributed by atoms with Crippen LogP contribution in [0.2, 0.25) is 0 Å². The van der Waals surface area contributed by atoms with Crippen molar-refractivity contribution < 1.29 is 14.2 Å². The van der Waals surface area contributed by atoms with Crippen LogP contribution in [0.4, 0.5) is 0 Å². The minimum atomic E-state index is -0.193. The molecule has 4 aromatic carbocycles. The van der Waals surface area contributed by atoms with Gasteiger partial charge in [0.2, 0.25) is 6.79 Å². The third-order valence-electron chi connectivity index (χ3n) is 8.08. The van der Waals surface area contributed by atoms with Crippen molar-refractivity contribution in [2.45, 2.75) is 25.5 Å². The van der Waals surface area contributed by atoms with Crippen LogP contribution >= 0.6 is 27.3 Å². The van der Waals surface area contributed by atoms with Gasteiger partial charge >= 0.3 is 0 Å². The Morgan fingerprint density at radius 3 is 2.63 bits per heavy atom. The van der Waals surface area contributed by atoms with E-state index in [2.05, 4.69) is 52.3 Å². The summed E-state index contributed by atoms with van der Waals surface area (Å²) in [6, 6.07) is 30.2. The van der Waals surface area contributed by atoms with Gasteiger partial charge in [-0.05, 0) is 83.1 Å². The number of aryl methyl sites for hydroxylation is 1. The molecule has 6 nitrogen and oxygen atoms in total. The van der Waals surface area contributed by atoms with Crippen molar-refractivity contribution in [3.63, 3.8) is 0 Å². The molecule has 8 rings (SSSR count). The topological polar surface area (TPSA) is 62.1 Å². The first-order valence-electron chi connectivity index (χ1n) is 14.1. The Labute approximate surface area is 260 Å². The molecule has 0 fully saturated rings. The smallest absolute Gasteiger partial charge is 0.271 e. The molecule has 2 aliphatic heterocycles. The zero-order valence-corrected chi connectivity index (χ0v) is 25.4. The quantitative estimate of drug-likeness (QED) is 0.222. The highest BCUT2D eigenvalue weighted by molar-refractivity contribution is 9.10. The number of rotatable bonds is 5. The van der Waals surface area contributed by atoms with E-state index in [1.807, 2.05) is 65.2 Å². The van der Waals surface area contributed by atoms with Gasteiger partial charge in [-0.3, -0.25) is 9.36 Å². The number of hydrogen-bond acceptors (Lipinski definition) is 6. The average Bonchev–Trinajstić information content (AvgIpc) is 3.63. The summed E-state index contributed by atoms with van der Waals surface area (Å²) < 4.78 is 20.4. The van der Waals surface area contributed by atoms with Crippen molar-refractivity contribution in [3.05, 3.63) is 149 Å². The fourth-order valence-corrected chi connectivity index (χ4v) is 7.24. The van der Waals surface area contributed by atoms with Gasteiger partial charge in [0.1, 0.15) is 12.4 Å². The highest BCUT2D eigenvalue weighted by Crippen LogP contribution is 2.41. The number of nitrogens with zero attached hydrogens (tertiary/aromatic N) is 2. The van der Waals surface area contributed by atoms with E-state index in [4.69, 9.17) is 19.2 Å². The molecule has 0 amide bonds. The predicted molar refractivity (Wildman–Crippen MR) is 170 cm³/mol. The van der Waals surface area contributed by atoms with Crippen LogP contribution in [-0.4, -0.2) is 11.4 Å². The van der Waals surface area contributed by atoms with Gasteiger partial charge in [-0.1, -0.05) is 81.9 Å². The molecule has 0 saturated heterocycles. The second kappa shape index (κ2) is 10.7. The lowest BCUT2D eigenvalue weighted by Crippen LogP contribution is -2.38. The zero-order valence-electron chi connectivity index (χ0n) is 23.0. The lowest BCUT2D eigenvalue weighted by atomic mass is 9.83. The van der Waals surface area contributed by atoms with E-state index in [9.17, 15) is 4.79 Å². The second-order valence-corrected chi connectivity index (χ2v) is 12.6. The van der Waals surface area contributed by atoms with Gasteiger partial charge in [0, 0.05) is 10.0 Å². The number of aromatic nitrogens is 1. The minimum absolute atomic E-state index is 0.0230. The lowest BCUT2D eigenvalue weighted by molar-refractivity contribution is 0.174. The monoisotopic (exact) mass is 648 g/mol. The van der Waals surface area contributed by atoms with Gasteiger partial charge in [0.25, 0.3) is 5.56 Å².